The lowest BCUT2D eigenvalue weighted by Gasteiger charge is -2.25. The number of carbonyl (C=O) groups excluding carboxylic acids is 1. The highest BCUT2D eigenvalue weighted by Gasteiger charge is 2.42. The summed E-state index contributed by atoms with van der Waals surface area (Å²) >= 11 is 5.54. The van der Waals surface area contributed by atoms with E-state index < -0.39 is 12.0 Å². The number of nitrogens with one attached hydrogen (secondary N) is 1. The maximum atomic E-state index is 12.3. The van der Waals surface area contributed by atoms with Gasteiger partial charge in [-0.2, -0.15) is 0 Å². The van der Waals surface area contributed by atoms with Gasteiger partial charge < -0.3 is 24.5 Å². The molecule has 1 saturated heterocycles. The molecule has 8 nitrogen and oxygen atoms in total. The Morgan fingerprint density at radius 3 is 2.73 bits per heavy atom. The van der Waals surface area contributed by atoms with E-state index in [0.29, 0.717) is 16.6 Å². The first-order valence-corrected chi connectivity index (χ1v) is 10.9. The molecule has 9 heteroatoms. The van der Waals surface area contributed by atoms with Crippen LogP contribution in [0.2, 0.25) is 0 Å². The Balaban J connectivity index is 1.71. The van der Waals surface area contributed by atoms with Gasteiger partial charge in [-0.3, -0.25) is 9.78 Å². The number of thiocarbonyl (C=S) groups is 1. The van der Waals surface area contributed by atoms with E-state index in [2.05, 4.69) is 10.3 Å². The number of pyridine rings is 1. The molecule has 0 saturated carbocycles. The SMILES string of the molecule is CCOC(=O)CN1C(=S)N[C@@H](c2ccccn2)[C@@H]1c1ccc(-c2ccc(C(=O)O)cc2C)o1. The van der Waals surface area contributed by atoms with Crippen LogP contribution in [0.4, 0.5) is 0 Å². The van der Waals surface area contributed by atoms with E-state index in [-0.39, 0.29) is 30.7 Å². The van der Waals surface area contributed by atoms with Crippen LogP contribution in [0.3, 0.4) is 0 Å². The quantitative estimate of drug-likeness (QED) is 0.397. The molecule has 0 bridgehead atoms. The van der Waals surface area contributed by atoms with Crippen LogP contribution in [-0.4, -0.2) is 45.2 Å². The first-order valence-electron chi connectivity index (χ1n) is 10.5. The maximum Gasteiger partial charge on any atom is 0.335 e. The van der Waals surface area contributed by atoms with Gasteiger partial charge in [0.25, 0.3) is 0 Å². The average molecular weight is 466 g/mol. The minimum atomic E-state index is -0.983. The Morgan fingerprint density at radius 2 is 2.06 bits per heavy atom. The number of esters is 1. The number of aryl methyl sites for hydroxylation is 1. The summed E-state index contributed by atoms with van der Waals surface area (Å²) in [6, 6.07) is 13.4. The summed E-state index contributed by atoms with van der Waals surface area (Å²) < 4.78 is 11.4. The molecule has 1 aliphatic heterocycles. The van der Waals surface area contributed by atoms with Crippen molar-refractivity contribution in [3.05, 3.63) is 77.3 Å². The molecule has 0 radical (unpaired) electrons. The minimum Gasteiger partial charge on any atom is -0.478 e. The molecule has 4 rings (SSSR count). The molecule has 0 unspecified atom stereocenters. The van der Waals surface area contributed by atoms with Gasteiger partial charge in [-0.25, -0.2) is 4.79 Å². The Bertz CT molecular complexity index is 1190. The number of carboxylic acid groups (broad SMARTS) is 1. The zero-order valence-corrected chi connectivity index (χ0v) is 19.0. The molecular formula is C24H23N3O5S. The van der Waals surface area contributed by atoms with Crippen LogP contribution in [0.1, 0.15) is 46.4 Å². The summed E-state index contributed by atoms with van der Waals surface area (Å²) in [5.41, 5.74) is 2.53. The van der Waals surface area contributed by atoms with Crippen molar-refractivity contribution in [3.63, 3.8) is 0 Å². The zero-order chi connectivity index (χ0) is 23.5. The molecule has 33 heavy (non-hydrogen) atoms. The molecule has 2 atom stereocenters. The van der Waals surface area contributed by atoms with Gasteiger partial charge in [-0.1, -0.05) is 12.1 Å². The molecule has 0 spiro atoms. The second-order valence-corrected chi connectivity index (χ2v) is 7.98. The third-order valence-electron chi connectivity index (χ3n) is 5.46. The molecule has 2 aromatic heterocycles. The lowest BCUT2D eigenvalue weighted by atomic mass is 10.0. The van der Waals surface area contributed by atoms with E-state index in [4.69, 9.17) is 21.4 Å². The highest BCUT2D eigenvalue weighted by molar-refractivity contribution is 7.80. The molecule has 3 heterocycles. The number of nitrogens with zero attached hydrogens (tertiary/aromatic N) is 2. The molecule has 170 valence electrons. The monoisotopic (exact) mass is 465 g/mol. The lowest BCUT2D eigenvalue weighted by Crippen LogP contribution is -2.35. The molecular weight excluding hydrogens is 442 g/mol. The van der Waals surface area contributed by atoms with Crippen LogP contribution < -0.4 is 5.32 Å². The summed E-state index contributed by atoms with van der Waals surface area (Å²) in [4.78, 5) is 29.7. The second kappa shape index (κ2) is 9.41. The fourth-order valence-corrected chi connectivity index (χ4v) is 4.27. The number of hydrogen-bond donors (Lipinski definition) is 2. The Hall–Kier alpha value is -3.72. The average Bonchev–Trinajstić information content (AvgIpc) is 3.39. The van der Waals surface area contributed by atoms with E-state index in [1.807, 2.05) is 37.3 Å². The van der Waals surface area contributed by atoms with Crippen molar-refractivity contribution in [2.45, 2.75) is 25.9 Å². The number of ether oxygens (including phenoxy) is 1. The van der Waals surface area contributed by atoms with Gasteiger partial charge >= 0.3 is 11.9 Å². The number of carboxylic acids is 1. The van der Waals surface area contributed by atoms with Gasteiger partial charge in [-0.15, -0.1) is 0 Å². The predicted octanol–water partition coefficient (Wildman–Crippen LogP) is 3.88. The van der Waals surface area contributed by atoms with Crippen molar-refractivity contribution in [2.24, 2.45) is 0 Å². The maximum absolute atomic E-state index is 12.3. The van der Waals surface area contributed by atoms with Gasteiger partial charge in [0, 0.05) is 11.8 Å². The largest absolute Gasteiger partial charge is 0.478 e. The van der Waals surface area contributed by atoms with Crippen LogP contribution >= 0.6 is 12.2 Å². The van der Waals surface area contributed by atoms with Crippen molar-refractivity contribution in [2.75, 3.05) is 13.2 Å². The van der Waals surface area contributed by atoms with Crippen molar-refractivity contribution in [1.82, 2.24) is 15.2 Å². The molecule has 3 aromatic rings. The minimum absolute atomic E-state index is 0.0317. The van der Waals surface area contributed by atoms with Crippen molar-refractivity contribution >= 4 is 29.3 Å². The molecule has 1 aliphatic rings. The van der Waals surface area contributed by atoms with Crippen LogP contribution in [0, 0.1) is 6.92 Å². The van der Waals surface area contributed by atoms with Crippen LogP contribution in [0.15, 0.2) is 59.1 Å². The highest BCUT2D eigenvalue weighted by Crippen LogP contribution is 2.40. The third kappa shape index (κ3) is 4.58. The molecule has 0 aliphatic carbocycles. The van der Waals surface area contributed by atoms with Gasteiger partial charge in [0.15, 0.2) is 5.11 Å². The summed E-state index contributed by atoms with van der Waals surface area (Å²) in [6.07, 6.45) is 1.70. The van der Waals surface area contributed by atoms with Gasteiger partial charge in [0.1, 0.15) is 24.1 Å². The number of hydrogen-bond acceptors (Lipinski definition) is 6. The number of benzene rings is 1. The van der Waals surface area contributed by atoms with E-state index in [0.717, 1.165) is 16.8 Å². The van der Waals surface area contributed by atoms with E-state index in [1.165, 1.54) is 0 Å². The molecule has 1 aromatic carbocycles. The van der Waals surface area contributed by atoms with Gasteiger partial charge in [0.2, 0.25) is 0 Å². The first-order chi connectivity index (χ1) is 15.9. The van der Waals surface area contributed by atoms with Crippen LogP contribution in [-0.2, 0) is 9.53 Å². The smallest absolute Gasteiger partial charge is 0.335 e. The normalized spacial score (nSPS) is 17.6. The Morgan fingerprint density at radius 1 is 1.24 bits per heavy atom. The predicted molar refractivity (Wildman–Crippen MR) is 125 cm³/mol. The van der Waals surface area contributed by atoms with E-state index >= 15 is 0 Å². The fourth-order valence-electron chi connectivity index (χ4n) is 3.96. The molecule has 0 amide bonds. The third-order valence-corrected chi connectivity index (χ3v) is 5.81. The van der Waals surface area contributed by atoms with Crippen molar-refractivity contribution in [3.8, 4) is 11.3 Å². The first kappa shape index (κ1) is 22.5. The zero-order valence-electron chi connectivity index (χ0n) is 18.1. The van der Waals surface area contributed by atoms with E-state index in [9.17, 15) is 14.7 Å². The van der Waals surface area contributed by atoms with Gasteiger partial charge in [0.05, 0.1) is 23.9 Å². The summed E-state index contributed by atoms with van der Waals surface area (Å²) in [5.74, 6) is -0.185. The molecule has 1 fully saturated rings. The fraction of sp³-hybridized carbons (Fsp3) is 0.250. The summed E-state index contributed by atoms with van der Waals surface area (Å²) in [6.45, 7) is 3.83. The number of rotatable bonds is 7. The van der Waals surface area contributed by atoms with Gasteiger partial charge in [-0.05, 0) is 68.0 Å². The standard InChI is InChI=1S/C24H23N3O5S/c1-3-31-20(28)13-27-22(21(26-24(27)33)17-6-4-5-11-25-17)19-10-9-18(32-19)16-8-7-15(23(29)30)12-14(16)2/h4-12,21-22H,3,13H2,1-2H3,(H,26,33)(H,29,30)/t21-,22-/m0/s1. The van der Waals surface area contributed by atoms with Crippen LogP contribution in [0.5, 0.6) is 0 Å². The second-order valence-electron chi connectivity index (χ2n) is 7.60. The summed E-state index contributed by atoms with van der Waals surface area (Å²) in [7, 11) is 0. The lowest BCUT2D eigenvalue weighted by molar-refractivity contribution is -0.143. The topological polar surface area (TPSA) is 105 Å². The Kier molecular flexibility index (Phi) is 6.41. The number of aromatic carboxylic acids is 1. The number of carbonyl (C=O) groups is 2. The Labute approximate surface area is 196 Å². The van der Waals surface area contributed by atoms with Crippen LogP contribution in [0.25, 0.3) is 11.3 Å². The number of furan rings is 1. The highest BCUT2D eigenvalue weighted by atomic mass is 32.1. The van der Waals surface area contributed by atoms with Crippen molar-refractivity contribution < 1.29 is 23.8 Å². The molecule has 2 N–H and O–H groups in total. The summed E-state index contributed by atoms with van der Waals surface area (Å²) in [5, 5.41) is 12.9. The number of aromatic nitrogens is 1. The van der Waals surface area contributed by atoms with E-state index in [1.54, 1.807) is 36.2 Å². The van der Waals surface area contributed by atoms with Crippen molar-refractivity contribution in [1.29, 1.82) is 0 Å².